The lowest BCUT2D eigenvalue weighted by atomic mass is 10.0. The van der Waals surface area contributed by atoms with Crippen LogP contribution in [0.5, 0.6) is 11.6 Å². The van der Waals surface area contributed by atoms with Crippen molar-refractivity contribution in [2.24, 2.45) is 0 Å². The molecule has 5 amide bonds. The number of benzene rings is 2. The molecule has 0 spiro atoms. The van der Waals surface area contributed by atoms with Gasteiger partial charge in [-0.25, -0.2) is 4.98 Å². The van der Waals surface area contributed by atoms with Gasteiger partial charge in [0.05, 0.1) is 29.6 Å². The van der Waals surface area contributed by atoms with Crippen LogP contribution in [-0.4, -0.2) is 66.2 Å². The van der Waals surface area contributed by atoms with Crippen LogP contribution < -0.4 is 25.0 Å². The Balaban J connectivity index is 1.44. The molecule has 202 valence electrons. The number of imide groups is 2. The molecule has 2 aromatic carbocycles. The summed E-state index contributed by atoms with van der Waals surface area (Å²) in [4.78, 5) is 70.0. The summed E-state index contributed by atoms with van der Waals surface area (Å²) in [5, 5.41) is 5.48. The Morgan fingerprint density at radius 3 is 2.62 bits per heavy atom. The lowest BCUT2D eigenvalue weighted by molar-refractivity contribution is -0.136. The minimum atomic E-state index is -1.08. The molecule has 1 aromatic heterocycles. The largest absolute Gasteiger partial charge is 0.482 e. The Bertz CT molecular complexity index is 1640. The molecule has 6 rings (SSSR count). The summed E-state index contributed by atoms with van der Waals surface area (Å²) < 4.78 is 11.0. The number of fused-ring (bicyclic) bond motifs is 2. The van der Waals surface area contributed by atoms with Crippen LogP contribution >= 0.6 is 0 Å². The Hall–Kier alpha value is -5.26. The van der Waals surface area contributed by atoms with Gasteiger partial charge in [-0.15, -0.1) is 0 Å². The summed E-state index contributed by atoms with van der Waals surface area (Å²) in [5.41, 5.74) is 3.00. The van der Waals surface area contributed by atoms with Crippen LogP contribution in [0.4, 0.5) is 17.1 Å². The second-order valence-electron chi connectivity index (χ2n) is 9.49. The molecule has 3 aromatic rings. The van der Waals surface area contributed by atoms with Crippen molar-refractivity contribution in [3.05, 3.63) is 59.8 Å². The van der Waals surface area contributed by atoms with Crippen molar-refractivity contribution in [1.82, 2.24) is 15.2 Å². The number of nitrogens with one attached hydrogen (secondary N) is 2. The van der Waals surface area contributed by atoms with E-state index in [0.717, 1.165) is 10.5 Å². The molecule has 0 bridgehead atoms. The molecule has 3 aliphatic heterocycles. The van der Waals surface area contributed by atoms with Gasteiger partial charge in [-0.3, -0.25) is 34.2 Å². The molecule has 1 atom stereocenters. The molecule has 4 heterocycles. The zero-order valence-corrected chi connectivity index (χ0v) is 21.5. The van der Waals surface area contributed by atoms with E-state index in [4.69, 9.17) is 9.47 Å². The smallest absolute Gasteiger partial charge is 0.264 e. The number of hydrogen-bond acceptors (Lipinski definition) is 9. The zero-order chi connectivity index (χ0) is 28.1. The average molecular weight is 542 g/mol. The zero-order valence-electron chi connectivity index (χ0n) is 21.5. The topological polar surface area (TPSA) is 147 Å². The standard InChI is InChI=1S/C28H23N5O7/c1-32-20-12-18(16(11-21(20)40-13-24(32)35)14-8-9-29-23(10-14)39-2)30-17-5-3-4-15-25(17)28(38)33(27(15)37)19-6-7-22(34)31-26(19)36/h3-5,8-12,19,30H,6-7,13H2,1-2H3,(H,31,34,36)/t19-/m0/s1. The van der Waals surface area contributed by atoms with Gasteiger partial charge in [0.1, 0.15) is 11.8 Å². The average Bonchev–Trinajstić information content (AvgIpc) is 3.21. The number of amides is 5. The molecule has 1 fully saturated rings. The number of ether oxygens (including phenoxy) is 2. The van der Waals surface area contributed by atoms with Gasteiger partial charge in [-0.2, -0.15) is 0 Å². The fourth-order valence-corrected chi connectivity index (χ4v) is 5.11. The Labute approximate surface area is 227 Å². The quantitative estimate of drug-likeness (QED) is 0.464. The molecule has 12 nitrogen and oxygen atoms in total. The third kappa shape index (κ3) is 4.01. The van der Waals surface area contributed by atoms with E-state index in [1.165, 1.54) is 18.1 Å². The van der Waals surface area contributed by atoms with Crippen molar-refractivity contribution in [2.75, 3.05) is 31.0 Å². The number of carbonyl (C=O) groups excluding carboxylic acids is 5. The summed E-state index contributed by atoms with van der Waals surface area (Å²) in [6.07, 6.45) is 1.67. The molecule has 1 saturated heterocycles. The normalized spacial score (nSPS) is 18.2. The van der Waals surface area contributed by atoms with E-state index < -0.39 is 29.7 Å². The van der Waals surface area contributed by atoms with Gasteiger partial charge in [-0.05, 0) is 42.3 Å². The Morgan fingerprint density at radius 1 is 1.02 bits per heavy atom. The van der Waals surface area contributed by atoms with Gasteiger partial charge in [0.15, 0.2) is 6.61 Å². The first-order valence-corrected chi connectivity index (χ1v) is 12.5. The SMILES string of the molecule is COc1cc(-c2cc3c(cc2Nc2cccc4c2C(=O)N([C@H]2CCC(=O)NC2=O)C4=O)N(C)C(=O)CO3)ccn1. The predicted molar refractivity (Wildman–Crippen MR) is 142 cm³/mol. The van der Waals surface area contributed by atoms with Crippen LogP contribution in [0.15, 0.2) is 48.7 Å². The van der Waals surface area contributed by atoms with Crippen LogP contribution in [0.25, 0.3) is 11.1 Å². The van der Waals surface area contributed by atoms with Gasteiger partial charge >= 0.3 is 0 Å². The number of methoxy groups -OCH3 is 1. The van der Waals surface area contributed by atoms with Crippen molar-refractivity contribution in [3.8, 4) is 22.8 Å². The van der Waals surface area contributed by atoms with Gasteiger partial charge < -0.3 is 19.7 Å². The number of aromatic nitrogens is 1. The number of nitrogens with zero attached hydrogens (tertiary/aromatic N) is 3. The van der Waals surface area contributed by atoms with Crippen molar-refractivity contribution in [1.29, 1.82) is 0 Å². The second-order valence-corrected chi connectivity index (χ2v) is 9.49. The van der Waals surface area contributed by atoms with Crippen LogP contribution in [0.1, 0.15) is 33.6 Å². The molecule has 0 aliphatic carbocycles. The summed E-state index contributed by atoms with van der Waals surface area (Å²) >= 11 is 0. The number of pyridine rings is 1. The Morgan fingerprint density at radius 2 is 1.85 bits per heavy atom. The highest BCUT2D eigenvalue weighted by Gasteiger charge is 2.45. The molecular weight excluding hydrogens is 518 g/mol. The number of anilines is 3. The van der Waals surface area contributed by atoms with Gasteiger partial charge in [-0.1, -0.05) is 6.07 Å². The number of piperidine rings is 1. The van der Waals surface area contributed by atoms with Gasteiger partial charge in [0.2, 0.25) is 17.7 Å². The molecule has 0 saturated carbocycles. The predicted octanol–water partition coefficient (Wildman–Crippen LogP) is 2.26. The summed E-state index contributed by atoms with van der Waals surface area (Å²) in [6.45, 7) is -0.103. The highest BCUT2D eigenvalue weighted by molar-refractivity contribution is 6.25. The first-order chi connectivity index (χ1) is 19.3. The van der Waals surface area contributed by atoms with E-state index in [1.807, 2.05) is 0 Å². The lowest BCUT2D eigenvalue weighted by Gasteiger charge is -2.28. The fraction of sp³-hybridized carbons (Fsp3) is 0.214. The van der Waals surface area contributed by atoms with E-state index >= 15 is 0 Å². The van der Waals surface area contributed by atoms with Crippen LogP contribution in [0.2, 0.25) is 0 Å². The maximum atomic E-state index is 13.6. The summed E-state index contributed by atoms with van der Waals surface area (Å²) in [6, 6.07) is 10.7. The molecule has 0 radical (unpaired) electrons. The number of carbonyl (C=O) groups is 5. The van der Waals surface area contributed by atoms with E-state index in [1.54, 1.807) is 49.6 Å². The fourth-order valence-electron chi connectivity index (χ4n) is 5.11. The molecule has 3 aliphatic rings. The van der Waals surface area contributed by atoms with Crippen LogP contribution in [0.3, 0.4) is 0 Å². The summed E-state index contributed by atoms with van der Waals surface area (Å²) in [7, 11) is 3.15. The van der Waals surface area contributed by atoms with Gasteiger partial charge in [0.25, 0.3) is 17.7 Å². The minimum absolute atomic E-state index is 0.0249. The lowest BCUT2D eigenvalue weighted by Crippen LogP contribution is -2.54. The second kappa shape index (κ2) is 9.49. The third-order valence-corrected chi connectivity index (χ3v) is 7.18. The molecule has 40 heavy (non-hydrogen) atoms. The van der Waals surface area contributed by atoms with Crippen molar-refractivity contribution in [3.63, 3.8) is 0 Å². The first kappa shape index (κ1) is 25.0. The van der Waals surface area contributed by atoms with E-state index in [-0.39, 0.29) is 36.5 Å². The highest BCUT2D eigenvalue weighted by Crippen LogP contribution is 2.43. The summed E-state index contributed by atoms with van der Waals surface area (Å²) in [5.74, 6) is -1.72. The van der Waals surface area contributed by atoms with E-state index in [2.05, 4.69) is 15.6 Å². The van der Waals surface area contributed by atoms with Crippen molar-refractivity contribution in [2.45, 2.75) is 18.9 Å². The number of hydrogen-bond donors (Lipinski definition) is 2. The van der Waals surface area contributed by atoms with E-state index in [9.17, 15) is 24.0 Å². The first-order valence-electron chi connectivity index (χ1n) is 12.5. The molecular formula is C28H23N5O7. The van der Waals surface area contributed by atoms with E-state index in [0.29, 0.717) is 34.3 Å². The minimum Gasteiger partial charge on any atom is -0.482 e. The van der Waals surface area contributed by atoms with Crippen LogP contribution in [-0.2, 0) is 14.4 Å². The van der Waals surface area contributed by atoms with Crippen LogP contribution in [0, 0.1) is 0 Å². The highest BCUT2D eigenvalue weighted by atomic mass is 16.5. The monoisotopic (exact) mass is 541 g/mol. The van der Waals surface area contributed by atoms with Crippen molar-refractivity contribution >= 4 is 46.6 Å². The number of likely N-dealkylation sites (N-methyl/N-ethyl adjacent to an activating group) is 1. The number of rotatable bonds is 5. The molecule has 12 heteroatoms. The maximum absolute atomic E-state index is 13.6. The molecule has 2 N–H and O–H groups in total. The van der Waals surface area contributed by atoms with Crippen molar-refractivity contribution < 1.29 is 33.4 Å². The van der Waals surface area contributed by atoms with Gasteiger partial charge in [0, 0.05) is 37.0 Å². The third-order valence-electron chi connectivity index (χ3n) is 7.18. The molecule has 0 unspecified atom stereocenters. The maximum Gasteiger partial charge on any atom is 0.264 e. The Kier molecular flexibility index (Phi) is 5.94.